The van der Waals surface area contributed by atoms with Crippen molar-refractivity contribution >= 4 is 14.1 Å². The number of Topliss-reactive ketones (excluding diaryl/α,β-unsaturated/α-hetero) is 1. The molecule has 4 nitrogen and oxygen atoms in total. The highest BCUT2D eigenvalue weighted by molar-refractivity contribution is 6.74. The van der Waals surface area contributed by atoms with Crippen LogP contribution in [0.5, 0.6) is 0 Å². The van der Waals surface area contributed by atoms with Gasteiger partial charge >= 0.3 is 0 Å². The Labute approximate surface area is 146 Å². The minimum absolute atomic E-state index is 0.0695. The molecule has 4 atom stereocenters. The summed E-state index contributed by atoms with van der Waals surface area (Å²) in [7, 11) is -1.86. The first-order valence-corrected chi connectivity index (χ1v) is 12.5. The Morgan fingerprint density at radius 2 is 1.88 bits per heavy atom. The lowest BCUT2D eigenvalue weighted by atomic mass is 9.68. The molecule has 0 aromatic heterocycles. The molecule has 0 amide bonds. The van der Waals surface area contributed by atoms with Crippen LogP contribution in [-0.4, -0.2) is 39.2 Å². The highest BCUT2D eigenvalue weighted by Crippen LogP contribution is 2.66. The molecule has 0 N–H and O–H groups in total. The van der Waals surface area contributed by atoms with Gasteiger partial charge in [-0.1, -0.05) is 20.8 Å². The molecule has 3 aliphatic carbocycles. The summed E-state index contributed by atoms with van der Waals surface area (Å²) in [6.45, 7) is 12.8. The predicted octanol–water partition coefficient (Wildman–Crippen LogP) is 3.90. The Bertz CT molecular complexity index is 546. The third-order valence-corrected chi connectivity index (χ3v) is 12.2. The Balaban J connectivity index is 1.58. The van der Waals surface area contributed by atoms with E-state index in [1.54, 1.807) is 0 Å². The largest absolute Gasteiger partial charge is 0.413 e. The zero-order valence-electron chi connectivity index (χ0n) is 15.8. The van der Waals surface area contributed by atoms with Crippen molar-refractivity contribution < 1.29 is 18.7 Å². The Morgan fingerprint density at radius 3 is 2.50 bits per heavy atom. The van der Waals surface area contributed by atoms with E-state index >= 15 is 0 Å². The predicted molar refractivity (Wildman–Crippen MR) is 94.2 cm³/mol. The zero-order valence-corrected chi connectivity index (χ0v) is 16.8. The van der Waals surface area contributed by atoms with Crippen LogP contribution in [0.15, 0.2) is 0 Å². The minimum atomic E-state index is -1.86. The summed E-state index contributed by atoms with van der Waals surface area (Å²) in [6.07, 6.45) is 4.74. The van der Waals surface area contributed by atoms with Crippen molar-refractivity contribution in [3.05, 3.63) is 0 Å². The fraction of sp³-hybridized carbons (Fsp3) is 0.947. The van der Waals surface area contributed by atoms with Gasteiger partial charge in [-0.25, -0.2) is 0 Å². The Hall–Kier alpha value is -0.233. The van der Waals surface area contributed by atoms with E-state index in [4.69, 9.17) is 13.9 Å². The summed E-state index contributed by atoms with van der Waals surface area (Å²) in [6, 6.07) is 0. The van der Waals surface area contributed by atoms with Gasteiger partial charge in [-0.2, -0.15) is 0 Å². The summed E-state index contributed by atoms with van der Waals surface area (Å²) >= 11 is 0. The van der Waals surface area contributed by atoms with Crippen molar-refractivity contribution in [2.75, 3.05) is 13.2 Å². The molecule has 4 rings (SSSR count). The van der Waals surface area contributed by atoms with Crippen LogP contribution in [0.2, 0.25) is 18.1 Å². The highest BCUT2D eigenvalue weighted by atomic mass is 28.4. The fourth-order valence-corrected chi connectivity index (χ4v) is 6.90. The maximum atomic E-state index is 12.9. The number of rotatable bonds is 2. The first-order valence-electron chi connectivity index (χ1n) is 9.56. The van der Waals surface area contributed by atoms with Gasteiger partial charge in [-0.15, -0.1) is 0 Å². The Kier molecular flexibility index (Phi) is 3.69. The molecule has 0 radical (unpaired) electrons. The van der Waals surface area contributed by atoms with Crippen molar-refractivity contribution in [2.45, 2.75) is 82.9 Å². The van der Waals surface area contributed by atoms with E-state index in [2.05, 4.69) is 33.9 Å². The monoisotopic (exact) mass is 352 g/mol. The van der Waals surface area contributed by atoms with Crippen LogP contribution in [0.4, 0.5) is 0 Å². The van der Waals surface area contributed by atoms with Gasteiger partial charge in [-0.05, 0) is 42.3 Å². The normalized spacial score (nSPS) is 41.2. The van der Waals surface area contributed by atoms with Crippen LogP contribution in [0.25, 0.3) is 0 Å². The van der Waals surface area contributed by atoms with Gasteiger partial charge in [0, 0.05) is 25.2 Å². The second-order valence-electron chi connectivity index (χ2n) is 10.1. The molecular formula is C19H32O4Si. The molecule has 2 bridgehead atoms. The van der Waals surface area contributed by atoms with Crippen molar-refractivity contribution in [1.29, 1.82) is 0 Å². The molecule has 0 unspecified atom stereocenters. The maximum Gasteiger partial charge on any atom is 0.192 e. The second-order valence-corrected chi connectivity index (χ2v) is 14.8. The van der Waals surface area contributed by atoms with Crippen LogP contribution in [0, 0.1) is 17.3 Å². The topological polar surface area (TPSA) is 44.8 Å². The smallest absolute Gasteiger partial charge is 0.192 e. The summed E-state index contributed by atoms with van der Waals surface area (Å²) < 4.78 is 18.7. The summed E-state index contributed by atoms with van der Waals surface area (Å²) in [5.74, 6) is 0.510. The van der Waals surface area contributed by atoms with Crippen LogP contribution in [0.3, 0.4) is 0 Å². The van der Waals surface area contributed by atoms with Gasteiger partial charge in [0.25, 0.3) is 0 Å². The van der Waals surface area contributed by atoms with E-state index < -0.39 is 14.1 Å². The number of carbonyl (C=O) groups excluding carboxylic acids is 1. The van der Waals surface area contributed by atoms with Gasteiger partial charge in [0.15, 0.2) is 14.1 Å². The van der Waals surface area contributed by atoms with E-state index in [9.17, 15) is 4.79 Å². The molecule has 1 heterocycles. The van der Waals surface area contributed by atoms with Gasteiger partial charge in [0.05, 0.1) is 19.3 Å². The van der Waals surface area contributed by atoms with Crippen molar-refractivity contribution in [2.24, 2.45) is 17.3 Å². The molecule has 24 heavy (non-hydrogen) atoms. The van der Waals surface area contributed by atoms with Crippen molar-refractivity contribution in [1.82, 2.24) is 0 Å². The average molecular weight is 353 g/mol. The van der Waals surface area contributed by atoms with Gasteiger partial charge in [0.1, 0.15) is 5.78 Å². The van der Waals surface area contributed by atoms with Gasteiger partial charge in [-0.3, -0.25) is 4.79 Å². The Morgan fingerprint density at radius 1 is 1.21 bits per heavy atom. The summed E-state index contributed by atoms with van der Waals surface area (Å²) in [4.78, 5) is 12.9. The summed E-state index contributed by atoms with van der Waals surface area (Å²) in [5, 5.41) is 0.178. The van der Waals surface area contributed by atoms with Crippen LogP contribution < -0.4 is 0 Å². The molecule has 5 heteroatoms. The fourth-order valence-electron chi connectivity index (χ4n) is 5.52. The molecular weight excluding hydrogens is 320 g/mol. The van der Waals surface area contributed by atoms with E-state index in [0.717, 1.165) is 25.7 Å². The molecule has 4 fully saturated rings. The number of ketones is 1. The molecule has 0 aromatic rings. The first-order chi connectivity index (χ1) is 11.1. The maximum absolute atomic E-state index is 12.9. The van der Waals surface area contributed by atoms with Crippen molar-refractivity contribution in [3.8, 4) is 0 Å². The number of ether oxygens (including phenoxy) is 2. The van der Waals surface area contributed by atoms with Crippen LogP contribution >= 0.6 is 0 Å². The molecule has 3 saturated carbocycles. The van der Waals surface area contributed by atoms with E-state index in [1.165, 1.54) is 0 Å². The van der Waals surface area contributed by atoms with Crippen LogP contribution in [0.1, 0.15) is 52.9 Å². The van der Waals surface area contributed by atoms with Gasteiger partial charge in [0.2, 0.25) is 0 Å². The molecule has 1 spiro atoms. The second kappa shape index (κ2) is 5.15. The van der Waals surface area contributed by atoms with E-state index in [1.807, 2.05) is 0 Å². The lowest BCUT2D eigenvalue weighted by molar-refractivity contribution is -0.160. The highest BCUT2D eigenvalue weighted by Gasteiger charge is 2.68. The molecule has 0 aromatic carbocycles. The van der Waals surface area contributed by atoms with E-state index in [-0.39, 0.29) is 22.5 Å². The SMILES string of the molecule is CC(C)(C)[Si](C)(C)O[C@H]1CC[C@@]23CC(=O)[C@H]1[C@@H]2CC1(C3)OCCO1. The third kappa shape index (κ3) is 2.38. The van der Waals surface area contributed by atoms with Gasteiger partial charge < -0.3 is 13.9 Å². The van der Waals surface area contributed by atoms with E-state index in [0.29, 0.717) is 31.3 Å². The molecule has 136 valence electrons. The molecule has 1 aliphatic heterocycles. The quantitative estimate of drug-likeness (QED) is 0.707. The van der Waals surface area contributed by atoms with Crippen LogP contribution in [-0.2, 0) is 18.7 Å². The zero-order chi connectivity index (χ0) is 17.4. The molecule has 1 saturated heterocycles. The lowest BCUT2D eigenvalue weighted by Gasteiger charge is -2.45. The lowest BCUT2D eigenvalue weighted by Crippen LogP contribution is -2.49. The first kappa shape index (κ1) is 17.2. The summed E-state index contributed by atoms with van der Waals surface area (Å²) in [5.41, 5.74) is 0.124. The van der Waals surface area contributed by atoms with Crippen molar-refractivity contribution in [3.63, 3.8) is 0 Å². The standard InChI is InChI=1S/C19H32O4Si/c1-17(2,3)24(4,5)23-15-6-7-18-11-14(20)16(15)13(18)10-19(12-18)21-8-9-22-19/h13,15-16H,6-12H2,1-5H3/t13-,15-,16+,18-/m0/s1. The minimum Gasteiger partial charge on any atom is -0.413 e. The number of carbonyl (C=O) groups is 1. The number of hydrogen-bond acceptors (Lipinski definition) is 4. The number of hydrogen-bond donors (Lipinski definition) is 0. The average Bonchev–Trinajstić information content (AvgIpc) is 3.05. The molecule has 4 aliphatic rings. The third-order valence-electron chi connectivity index (χ3n) is 7.66.